The Morgan fingerprint density at radius 3 is 2.56 bits per heavy atom. The van der Waals surface area contributed by atoms with Gasteiger partial charge in [-0.1, -0.05) is 0 Å². The van der Waals surface area contributed by atoms with Crippen LogP contribution in [0.1, 0.15) is 5.82 Å². The van der Waals surface area contributed by atoms with Crippen LogP contribution in [0.4, 0.5) is 11.6 Å². The summed E-state index contributed by atoms with van der Waals surface area (Å²) in [6.45, 7) is 1.75. The van der Waals surface area contributed by atoms with Gasteiger partial charge in [0.2, 0.25) is 0 Å². The molecule has 1 rings (SSSR count). The maximum absolute atomic E-state index is 5.00. The first kappa shape index (κ1) is 12.7. The molecule has 1 aromatic rings. The van der Waals surface area contributed by atoms with Crippen molar-refractivity contribution >= 4 is 11.6 Å². The molecule has 16 heavy (non-hydrogen) atoms. The molecule has 0 aromatic carbocycles. The quantitative estimate of drug-likeness (QED) is 0.668. The molecule has 0 fully saturated rings. The van der Waals surface area contributed by atoms with Gasteiger partial charge in [-0.15, -0.1) is 0 Å². The first-order valence-corrected chi connectivity index (χ1v) is 5.07. The van der Waals surface area contributed by atoms with Gasteiger partial charge in [0, 0.05) is 33.9 Å². The highest BCUT2D eigenvalue weighted by atomic mass is 16.5. The number of rotatable bonds is 7. The molecule has 0 aliphatic carbocycles. The summed E-state index contributed by atoms with van der Waals surface area (Å²) in [5, 5.41) is 6.13. The Morgan fingerprint density at radius 2 is 1.94 bits per heavy atom. The number of anilines is 2. The molecule has 1 aromatic heterocycles. The van der Waals surface area contributed by atoms with Crippen molar-refractivity contribution in [1.29, 1.82) is 0 Å². The minimum absolute atomic E-state index is 0.397. The first-order valence-electron chi connectivity index (χ1n) is 5.07. The summed E-state index contributed by atoms with van der Waals surface area (Å²) in [6.07, 6.45) is 0. The van der Waals surface area contributed by atoms with Crippen LogP contribution < -0.4 is 10.6 Å². The molecule has 6 nitrogen and oxygen atoms in total. The first-order chi connectivity index (χ1) is 7.80. The van der Waals surface area contributed by atoms with E-state index in [2.05, 4.69) is 20.6 Å². The third kappa shape index (κ3) is 4.00. The van der Waals surface area contributed by atoms with Crippen LogP contribution >= 0.6 is 0 Å². The lowest BCUT2D eigenvalue weighted by atomic mass is 10.4. The molecule has 0 bridgehead atoms. The fraction of sp³-hybridized carbons (Fsp3) is 0.600. The van der Waals surface area contributed by atoms with E-state index in [1.165, 1.54) is 0 Å². The van der Waals surface area contributed by atoms with Crippen molar-refractivity contribution in [3.05, 3.63) is 11.9 Å². The molecule has 1 heterocycles. The zero-order valence-electron chi connectivity index (χ0n) is 9.91. The number of hydrogen-bond donors (Lipinski definition) is 2. The summed E-state index contributed by atoms with van der Waals surface area (Å²) < 4.78 is 9.95. The second-order valence-corrected chi connectivity index (χ2v) is 3.16. The van der Waals surface area contributed by atoms with Crippen LogP contribution in [0.25, 0.3) is 0 Å². The third-order valence-corrected chi connectivity index (χ3v) is 1.91. The Bertz CT molecular complexity index is 320. The summed E-state index contributed by atoms with van der Waals surface area (Å²) in [5.74, 6) is 2.18. The molecule has 0 radical (unpaired) electrons. The van der Waals surface area contributed by atoms with Gasteiger partial charge in [0.15, 0.2) is 5.82 Å². The number of nitrogens with one attached hydrogen (secondary N) is 2. The third-order valence-electron chi connectivity index (χ3n) is 1.91. The van der Waals surface area contributed by atoms with E-state index in [-0.39, 0.29) is 0 Å². The average molecular weight is 226 g/mol. The Morgan fingerprint density at radius 1 is 1.19 bits per heavy atom. The van der Waals surface area contributed by atoms with Gasteiger partial charge in [-0.25, -0.2) is 9.97 Å². The fourth-order valence-corrected chi connectivity index (χ4v) is 1.19. The van der Waals surface area contributed by atoms with Crippen LogP contribution in [0.5, 0.6) is 0 Å². The number of ether oxygens (including phenoxy) is 2. The molecule has 0 saturated carbocycles. The SMILES string of the molecule is CNc1cc(NCCOC)nc(COC)n1. The van der Waals surface area contributed by atoms with Crippen molar-refractivity contribution in [1.82, 2.24) is 9.97 Å². The number of nitrogens with zero attached hydrogens (tertiary/aromatic N) is 2. The monoisotopic (exact) mass is 226 g/mol. The Labute approximate surface area is 95.4 Å². The molecule has 0 unspecified atom stereocenters. The molecule has 0 saturated heterocycles. The van der Waals surface area contributed by atoms with Crippen molar-refractivity contribution < 1.29 is 9.47 Å². The van der Waals surface area contributed by atoms with Crippen LogP contribution in [0.15, 0.2) is 6.07 Å². The van der Waals surface area contributed by atoms with Crippen LogP contribution in [-0.4, -0.2) is 44.4 Å². The lowest BCUT2D eigenvalue weighted by Gasteiger charge is -2.09. The zero-order chi connectivity index (χ0) is 11.8. The van der Waals surface area contributed by atoms with E-state index in [0.717, 1.165) is 11.6 Å². The molecule has 6 heteroatoms. The Hall–Kier alpha value is -1.40. The van der Waals surface area contributed by atoms with Crippen LogP contribution in [0.2, 0.25) is 0 Å². The largest absolute Gasteiger partial charge is 0.383 e. The summed E-state index contributed by atoms with van der Waals surface area (Å²) in [7, 11) is 5.10. The summed E-state index contributed by atoms with van der Waals surface area (Å²) in [6, 6.07) is 1.84. The van der Waals surface area contributed by atoms with Gasteiger partial charge in [-0.05, 0) is 0 Å². The normalized spacial score (nSPS) is 10.2. The summed E-state index contributed by atoms with van der Waals surface area (Å²) >= 11 is 0. The molecule has 0 spiro atoms. The van der Waals surface area contributed by atoms with E-state index < -0.39 is 0 Å². The molecule has 0 aliphatic rings. The standard InChI is InChI=1S/C10H18N4O2/c1-11-8-6-9(12-4-5-15-2)14-10(13-8)7-16-3/h6H,4-5,7H2,1-3H3,(H2,11,12,13,14). The van der Waals surface area contributed by atoms with Gasteiger partial charge in [0.05, 0.1) is 6.61 Å². The lowest BCUT2D eigenvalue weighted by molar-refractivity contribution is 0.178. The van der Waals surface area contributed by atoms with Gasteiger partial charge >= 0.3 is 0 Å². The van der Waals surface area contributed by atoms with Crippen molar-refractivity contribution in [3.63, 3.8) is 0 Å². The van der Waals surface area contributed by atoms with E-state index in [4.69, 9.17) is 9.47 Å². The van der Waals surface area contributed by atoms with Gasteiger partial charge in [-0.2, -0.15) is 0 Å². The van der Waals surface area contributed by atoms with E-state index in [1.807, 2.05) is 13.1 Å². The molecular weight excluding hydrogens is 208 g/mol. The molecule has 0 atom stereocenters. The van der Waals surface area contributed by atoms with Crippen LogP contribution in [0, 0.1) is 0 Å². The number of hydrogen-bond acceptors (Lipinski definition) is 6. The van der Waals surface area contributed by atoms with Gasteiger partial charge in [0.1, 0.15) is 18.2 Å². The minimum atomic E-state index is 0.397. The highest BCUT2D eigenvalue weighted by molar-refractivity contribution is 5.47. The predicted molar refractivity (Wildman–Crippen MR) is 62.7 cm³/mol. The van der Waals surface area contributed by atoms with Crippen molar-refractivity contribution in [2.24, 2.45) is 0 Å². The molecule has 2 N–H and O–H groups in total. The summed E-state index contributed by atoms with van der Waals surface area (Å²) in [5.41, 5.74) is 0. The van der Waals surface area contributed by atoms with Gasteiger partial charge < -0.3 is 20.1 Å². The second kappa shape index (κ2) is 6.97. The van der Waals surface area contributed by atoms with Crippen LogP contribution in [0.3, 0.4) is 0 Å². The molecule has 0 aliphatic heterocycles. The van der Waals surface area contributed by atoms with E-state index >= 15 is 0 Å². The fourth-order valence-electron chi connectivity index (χ4n) is 1.19. The molecular formula is C10H18N4O2. The predicted octanol–water partition coefficient (Wildman–Crippen LogP) is 0.723. The maximum atomic E-state index is 5.00. The second-order valence-electron chi connectivity index (χ2n) is 3.16. The van der Waals surface area contributed by atoms with E-state index in [1.54, 1.807) is 14.2 Å². The minimum Gasteiger partial charge on any atom is -0.383 e. The Kier molecular flexibility index (Phi) is 5.52. The van der Waals surface area contributed by atoms with Crippen LogP contribution in [-0.2, 0) is 16.1 Å². The van der Waals surface area contributed by atoms with E-state index in [0.29, 0.717) is 25.6 Å². The van der Waals surface area contributed by atoms with Crippen molar-refractivity contribution in [2.75, 3.05) is 45.1 Å². The molecule has 90 valence electrons. The zero-order valence-corrected chi connectivity index (χ0v) is 9.91. The highest BCUT2D eigenvalue weighted by Gasteiger charge is 2.02. The topological polar surface area (TPSA) is 68.3 Å². The van der Waals surface area contributed by atoms with Gasteiger partial charge in [-0.3, -0.25) is 0 Å². The highest BCUT2D eigenvalue weighted by Crippen LogP contribution is 2.10. The smallest absolute Gasteiger partial charge is 0.158 e. The van der Waals surface area contributed by atoms with Gasteiger partial charge in [0.25, 0.3) is 0 Å². The number of aromatic nitrogens is 2. The molecule has 0 amide bonds. The maximum Gasteiger partial charge on any atom is 0.158 e. The van der Waals surface area contributed by atoms with Crippen molar-refractivity contribution in [2.45, 2.75) is 6.61 Å². The summed E-state index contributed by atoms with van der Waals surface area (Å²) in [4.78, 5) is 8.55. The average Bonchev–Trinajstić information content (AvgIpc) is 2.29. The Balaban J connectivity index is 2.69. The lowest BCUT2D eigenvalue weighted by Crippen LogP contribution is -2.11. The number of methoxy groups -OCH3 is 2. The van der Waals surface area contributed by atoms with E-state index in [9.17, 15) is 0 Å². The van der Waals surface area contributed by atoms with Crippen molar-refractivity contribution in [3.8, 4) is 0 Å².